The molecule has 0 unspecified atom stereocenters. The molecule has 0 spiro atoms. The Labute approximate surface area is 132 Å². The van der Waals surface area contributed by atoms with Crippen molar-refractivity contribution in [3.63, 3.8) is 0 Å². The molecule has 2 aromatic heterocycles. The lowest BCUT2D eigenvalue weighted by molar-refractivity contribution is 0.810. The van der Waals surface area contributed by atoms with E-state index in [0.717, 1.165) is 11.1 Å². The summed E-state index contributed by atoms with van der Waals surface area (Å²) in [5.74, 6) is 0.413. The Hall–Kier alpha value is -3.21. The fraction of sp³-hybridized carbons (Fsp3) is 0.0556. The van der Waals surface area contributed by atoms with Gasteiger partial charge in [-0.3, -0.25) is 9.78 Å². The number of benzene rings is 2. The zero-order chi connectivity index (χ0) is 15.8. The van der Waals surface area contributed by atoms with Gasteiger partial charge in [-0.05, 0) is 36.2 Å². The quantitative estimate of drug-likeness (QED) is 0.619. The number of aryl methyl sites for hydroxylation is 1. The lowest BCUT2D eigenvalue weighted by atomic mass is 10.0. The molecule has 2 aromatic carbocycles. The van der Waals surface area contributed by atoms with Crippen molar-refractivity contribution in [3.8, 4) is 17.1 Å². The molecule has 2 heterocycles. The van der Waals surface area contributed by atoms with Gasteiger partial charge in [-0.2, -0.15) is 5.10 Å². The summed E-state index contributed by atoms with van der Waals surface area (Å²) in [7, 11) is 0. The van der Waals surface area contributed by atoms with Crippen molar-refractivity contribution in [1.29, 1.82) is 0 Å². The van der Waals surface area contributed by atoms with Gasteiger partial charge in [-0.15, -0.1) is 0 Å². The van der Waals surface area contributed by atoms with Crippen LogP contribution in [0.4, 0.5) is 0 Å². The van der Waals surface area contributed by atoms with Gasteiger partial charge in [-0.25, -0.2) is 9.67 Å². The van der Waals surface area contributed by atoms with Gasteiger partial charge in [0.05, 0.1) is 10.9 Å². The Bertz CT molecular complexity index is 1050. The maximum Gasteiger partial charge on any atom is 0.260 e. The molecule has 0 fully saturated rings. The fourth-order valence-corrected chi connectivity index (χ4v) is 2.63. The Morgan fingerprint density at radius 1 is 1.04 bits per heavy atom. The first-order valence-corrected chi connectivity index (χ1v) is 7.32. The molecule has 0 aliphatic heterocycles. The number of nitrogens with one attached hydrogen (secondary N) is 1. The average Bonchev–Trinajstić information content (AvgIpc) is 3.09. The minimum absolute atomic E-state index is 0.171. The first kappa shape index (κ1) is 13.5. The SMILES string of the molecule is Cc1cccc(-c2ccc3nc(-n4cccn4)[nH]c(=O)c3c2)c1. The average molecular weight is 302 g/mol. The van der Waals surface area contributed by atoms with Gasteiger partial charge in [0.25, 0.3) is 5.56 Å². The number of fused-ring (bicyclic) bond motifs is 1. The van der Waals surface area contributed by atoms with Crippen LogP contribution in [0.1, 0.15) is 5.56 Å². The van der Waals surface area contributed by atoms with Crippen LogP contribution in [0.15, 0.2) is 65.7 Å². The van der Waals surface area contributed by atoms with E-state index >= 15 is 0 Å². The van der Waals surface area contributed by atoms with E-state index in [2.05, 4.69) is 34.1 Å². The van der Waals surface area contributed by atoms with Crippen LogP contribution in [0.25, 0.3) is 28.0 Å². The predicted molar refractivity (Wildman–Crippen MR) is 89.7 cm³/mol. The summed E-state index contributed by atoms with van der Waals surface area (Å²) in [6.07, 6.45) is 3.39. The number of rotatable bonds is 2. The second kappa shape index (κ2) is 5.21. The highest BCUT2D eigenvalue weighted by molar-refractivity contribution is 5.84. The van der Waals surface area contributed by atoms with E-state index in [-0.39, 0.29) is 5.56 Å². The number of hydrogen-bond acceptors (Lipinski definition) is 3. The minimum Gasteiger partial charge on any atom is -0.290 e. The molecule has 0 saturated heterocycles. The highest BCUT2D eigenvalue weighted by Gasteiger charge is 2.07. The van der Waals surface area contributed by atoms with E-state index in [4.69, 9.17) is 0 Å². The normalized spacial score (nSPS) is 11.0. The zero-order valence-corrected chi connectivity index (χ0v) is 12.5. The Morgan fingerprint density at radius 2 is 1.91 bits per heavy atom. The summed E-state index contributed by atoms with van der Waals surface area (Å²) in [4.78, 5) is 19.7. The van der Waals surface area contributed by atoms with Crippen LogP contribution in [0.5, 0.6) is 0 Å². The second-order valence-corrected chi connectivity index (χ2v) is 5.44. The van der Waals surface area contributed by atoms with Crippen molar-refractivity contribution in [2.24, 2.45) is 0 Å². The molecule has 0 aliphatic rings. The molecule has 0 saturated carbocycles. The zero-order valence-electron chi connectivity index (χ0n) is 12.5. The molecule has 1 N–H and O–H groups in total. The Morgan fingerprint density at radius 3 is 2.70 bits per heavy atom. The molecule has 0 radical (unpaired) electrons. The van der Waals surface area contributed by atoms with Crippen LogP contribution in [-0.4, -0.2) is 19.7 Å². The van der Waals surface area contributed by atoms with Crippen LogP contribution in [0.3, 0.4) is 0 Å². The van der Waals surface area contributed by atoms with Crippen molar-refractivity contribution in [3.05, 3.63) is 76.8 Å². The molecule has 4 rings (SSSR count). The number of aromatic nitrogens is 4. The first-order chi connectivity index (χ1) is 11.2. The molecule has 0 bridgehead atoms. The lowest BCUT2D eigenvalue weighted by Crippen LogP contribution is -2.13. The topological polar surface area (TPSA) is 63.6 Å². The molecule has 23 heavy (non-hydrogen) atoms. The third-order valence-electron chi connectivity index (χ3n) is 3.77. The molecule has 112 valence electrons. The number of H-pyrrole nitrogens is 1. The largest absolute Gasteiger partial charge is 0.290 e. The van der Waals surface area contributed by atoms with Crippen molar-refractivity contribution < 1.29 is 0 Å². The predicted octanol–water partition coefficient (Wildman–Crippen LogP) is 3.08. The highest BCUT2D eigenvalue weighted by Crippen LogP contribution is 2.23. The van der Waals surface area contributed by atoms with Crippen molar-refractivity contribution in [2.75, 3.05) is 0 Å². The van der Waals surface area contributed by atoms with Crippen LogP contribution >= 0.6 is 0 Å². The molecule has 0 amide bonds. The van der Waals surface area contributed by atoms with Crippen LogP contribution < -0.4 is 5.56 Å². The van der Waals surface area contributed by atoms with Gasteiger partial charge in [-0.1, -0.05) is 35.9 Å². The van der Waals surface area contributed by atoms with Crippen molar-refractivity contribution in [1.82, 2.24) is 19.7 Å². The van der Waals surface area contributed by atoms with E-state index in [1.165, 1.54) is 10.2 Å². The molecular formula is C18H14N4O. The van der Waals surface area contributed by atoms with Gasteiger partial charge >= 0.3 is 0 Å². The Kier molecular flexibility index (Phi) is 3.05. The highest BCUT2D eigenvalue weighted by atomic mass is 16.1. The van der Waals surface area contributed by atoms with Gasteiger partial charge in [0.15, 0.2) is 0 Å². The van der Waals surface area contributed by atoms with Crippen LogP contribution in [-0.2, 0) is 0 Å². The van der Waals surface area contributed by atoms with Crippen molar-refractivity contribution in [2.45, 2.75) is 6.92 Å². The number of hydrogen-bond donors (Lipinski definition) is 1. The summed E-state index contributed by atoms with van der Waals surface area (Å²) in [6, 6.07) is 15.7. The maximum absolute atomic E-state index is 12.4. The standard InChI is InChI=1S/C18H14N4O/c1-12-4-2-5-13(10-12)14-6-7-16-15(11-14)17(23)21-18(20-16)22-9-3-8-19-22/h2-11H,1H3,(H,20,21,23). The lowest BCUT2D eigenvalue weighted by Gasteiger charge is -2.06. The third kappa shape index (κ3) is 2.42. The van der Waals surface area contributed by atoms with Gasteiger partial charge in [0.2, 0.25) is 5.95 Å². The summed E-state index contributed by atoms with van der Waals surface area (Å²) >= 11 is 0. The summed E-state index contributed by atoms with van der Waals surface area (Å²) < 4.78 is 1.54. The number of aromatic amines is 1. The van der Waals surface area contributed by atoms with Crippen LogP contribution in [0.2, 0.25) is 0 Å². The fourth-order valence-electron chi connectivity index (χ4n) is 2.63. The summed E-state index contributed by atoms with van der Waals surface area (Å²) in [5.41, 5.74) is 3.75. The number of nitrogens with zero attached hydrogens (tertiary/aromatic N) is 3. The van der Waals surface area contributed by atoms with E-state index in [9.17, 15) is 4.79 Å². The monoisotopic (exact) mass is 302 g/mol. The van der Waals surface area contributed by atoms with Gasteiger partial charge in [0, 0.05) is 12.4 Å². The molecule has 0 aliphatic carbocycles. The molecule has 5 heteroatoms. The first-order valence-electron chi connectivity index (χ1n) is 7.32. The van der Waals surface area contributed by atoms with Gasteiger partial charge < -0.3 is 0 Å². The molecule has 4 aromatic rings. The molecule has 0 atom stereocenters. The van der Waals surface area contributed by atoms with Gasteiger partial charge in [0.1, 0.15) is 0 Å². The second-order valence-electron chi connectivity index (χ2n) is 5.44. The minimum atomic E-state index is -0.171. The summed E-state index contributed by atoms with van der Waals surface area (Å²) in [6.45, 7) is 2.05. The van der Waals surface area contributed by atoms with E-state index in [1.54, 1.807) is 18.5 Å². The van der Waals surface area contributed by atoms with E-state index in [0.29, 0.717) is 16.9 Å². The van der Waals surface area contributed by atoms with Crippen molar-refractivity contribution >= 4 is 10.9 Å². The molecular weight excluding hydrogens is 288 g/mol. The van der Waals surface area contributed by atoms with E-state index < -0.39 is 0 Å². The van der Waals surface area contributed by atoms with E-state index in [1.807, 2.05) is 30.3 Å². The summed E-state index contributed by atoms with van der Waals surface area (Å²) in [5, 5.41) is 4.66. The van der Waals surface area contributed by atoms with Crippen LogP contribution in [0, 0.1) is 6.92 Å². The molecule has 5 nitrogen and oxygen atoms in total. The Balaban J connectivity index is 1.89. The maximum atomic E-state index is 12.4. The smallest absolute Gasteiger partial charge is 0.260 e. The third-order valence-corrected chi connectivity index (χ3v) is 3.77.